The molecule has 2 N–H and O–H groups in total. The highest BCUT2D eigenvalue weighted by Gasteiger charge is 2.17. The van der Waals surface area contributed by atoms with Crippen LogP contribution in [-0.2, 0) is 11.3 Å². The Morgan fingerprint density at radius 2 is 1.65 bits per heavy atom. The molecule has 0 unspecified atom stereocenters. The molecule has 4 nitrogen and oxygen atoms in total. The largest absolute Gasteiger partial charge is 0.378 e. The molecule has 0 radical (unpaired) electrons. The number of amides is 1. The Bertz CT molecular complexity index is 698. The van der Waals surface area contributed by atoms with Crippen molar-refractivity contribution in [2.24, 2.45) is 0 Å². The van der Waals surface area contributed by atoms with Gasteiger partial charge in [-0.3, -0.25) is 4.79 Å². The van der Waals surface area contributed by atoms with Crippen molar-refractivity contribution in [1.82, 2.24) is 4.90 Å². The summed E-state index contributed by atoms with van der Waals surface area (Å²) in [7, 11) is 5.92. The standard InChI is InChI=1S/C21H28BrN3O/c1-5-20(17-8-10-18(22)11-9-17)23-14-21(26)25(4)15-16-6-12-19(13-7-16)24(2)3/h6-13,20,23H,5,14-15H2,1-4H3/p+1/t20-/m1/s1. The highest BCUT2D eigenvalue weighted by Crippen LogP contribution is 2.16. The van der Waals surface area contributed by atoms with Gasteiger partial charge in [0, 0.05) is 49.8 Å². The van der Waals surface area contributed by atoms with Crippen LogP contribution in [0.3, 0.4) is 0 Å². The molecule has 0 saturated heterocycles. The van der Waals surface area contributed by atoms with Gasteiger partial charge >= 0.3 is 0 Å². The van der Waals surface area contributed by atoms with E-state index >= 15 is 0 Å². The number of carbonyl (C=O) groups is 1. The molecule has 0 heterocycles. The van der Waals surface area contributed by atoms with Crippen LogP contribution < -0.4 is 10.2 Å². The maximum Gasteiger partial charge on any atom is 0.277 e. The minimum atomic E-state index is 0.150. The van der Waals surface area contributed by atoms with Gasteiger partial charge in [0.05, 0.1) is 0 Å². The summed E-state index contributed by atoms with van der Waals surface area (Å²) in [5.41, 5.74) is 3.56. The lowest BCUT2D eigenvalue weighted by molar-refractivity contribution is -0.686. The summed E-state index contributed by atoms with van der Waals surface area (Å²) in [6, 6.07) is 17.0. The van der Waals surface area contributed by atoms with E-state index in [1.165, 1.54) is 5.56 Å². The van der Waals surface area contributed by atoms with Crippen molar-refractivity contribution in [3.05, 3.63) is 64.1 Å². The van der Waals surface area contributed by atoms with Gasteiger partial charge in [-0.1, -0.05) is 47.1 Å². The summed E-state index contributed by atoms with van der Waals surface area (Å²) in [6.07, 6.45) is 0.991. The number of anilines is 1. The molecule has 0 spiro atoms. The van der Waals surface area contributed by atoms with Gasteiger partial charge in [0.1, 0.15) is 6.04 Å². The van der Waals surface area contributed by atoms with Crippen LogP contribution in [0.15, 0.2) is 53.0 Å². The number of nitrogens with zero attached hydrogens (tertiary/aromatic N) is 2. The summed E-state index contributed by atoms with van der Waals surface area (Å²) in [6.45, 7) is 3.25. The van der Waals surface area contributed by atoms with Crippen LogP contribution in [-0.4, -0.2) is 38.5 Å². The Balaban J connectivity index is 1.88. The molecule has 1 amide bonds. The fourth-order valence-electron chi connectivity index (χ4n) is 2.91. The number of benzene rings is 2. The molecule has 0 aromatic heterocycles. The maximum absolute atomic E-state index is 12.5. The summed E-state index contributed by atoms with van der Waals surface area (Å²) in [4.78, 5) is 16.4. The first-order valence-corrected chi connectivity index (χ1v) is 9.79. The zero-order valence-corrected chi connectivity index (χ0v) is 17.7. The number of likely N-dealkylation sites (N-methyl/N-ethyl adjacent to an activating group) is 1. The van der Waals surface area contributed by atoms with Crippen molar-refractivity contribution in [3.63, 3.8) is 0 Å². The van der Waals surface area contributed by atoms with Gasteiger partial charge in [-0.05, 0) is 29.8 Å². The molecule has 0 fully saturated rings. The van der Waals surface area contributed by atoms with Gasteiger partial charge in [0.15, 0.2) is 6.54 Å². The molecule has 0 bridgehead atoms. The molecule has 140 valence electrons. The quantitative estimate of drug-likeness (QED) is 0.714. The van der Waals surface area contributed by atoms with Crippen LogP contribution in [0.2, 0.25) is 0 Å². The Labute approximate surface area is 165 Å². The highest BCUT2D eigenvalue weighted by atomic mass is 79.9. The average molecular weight is 419 g/mol. The van der Waals surface area contributed by atoms with E-state index in [2.05, 4.69) is 81.6 Å². The van der Waals surface area contributed by atoms with Gasteiger partial charge in [-0.2, -0.15) is 0 Å². The van der Waals surface area contributed by atoms with Crippen LogP contribution in [0.5, 0.6) is 0 Å². The number of nitrogens with two attached hydrogens (primary N) is 1. The number of hydrogen-bond donors (Lipinski definition) is 1. The third-order valence-corrected chi connectivity index (χ3v) is 5.14. The van der Waals surface area contributed by atoms with E-state index in [-0.39, 0.29) is 5.91 Å². The number of hydrogen-bond acceptors (Lipinski definition) is 2. The van der Waals surface area contributed by atoms with Crippen LogP contribution in [0.4, 0.5) is 5.69 Å². The second-order valence-corrected chi connectivity index (χ2v) is 7.73. The zero-order valence-electron chi connectivity index (χ0n) is 16.1. The minimum Gasteiger partial charge on any atom is -0.378 e. The first kappa shape index (κ1) is 20.5. The molecule has 5 heteroatoms. The van der Waals surface area contributed by atoms with E-state index in [9.17, 15) is 4.79 Å². The van der Waals surface area contributed by atoms with Crippen LogP contribution in [0, 0.1) is 0 Å². The lowest BCUT2D eigenvalue weighted by Crippen LogP contribution is -2.87. The minimum absolute atomic E-state index is 0.150. The molecular weight excluding hydrogens is 390 g/mol. The van der Waals surface area contributed by atoms with E-state index in [0.29, 0.717) is 19.1 Å². The average Bonchev–Trinajstić information content (AvgIpc) is 2.63. The molecule has 26 heavy (non-hydrogen) atoms. The van der Waals surface area contributed by atoms with E-state index < -0.39 is 0 Å². The molecule has 2 aromatic carbocycles. The van der Waals surface area contributed by atoms with Crippen LogP contribution in [0.25, 0.3) is 0 Å². The van der Waals surface area contributed by atoms with E-state index in [1.54, 1.807) is 4.90 Å². The van der Waals surface area contributed by atoms with E-state index in [0.717, 1.165) is 22.1 Å². The van der Waals surface area contributed by atoms with Crippen LogP contribution in [0.1, 0.15) is 30.5 Å². The van der Waals surface area contributed by atoms with Crippen molar-refractivity contribution >= 4 is 27.5 Å². The number of carbonyl (C=O) groups excluding carboxylic acids is 1. The fraction of sp³-hybridized carbons (Fsp3) is 0.381. The molecule has 0 saturated carbocycles. The summed E-state index contributed by atoms with van der Waals surface area (Å²) >= 11 is 3.47. The van der Waals surface area contributed by atoms with Crippen molar-refractivity contribution in [3.8, 4) is 0 Å². The molecule has 2 rings (SSSR count). The first-order chi connectivity index (χ1) is 12.4. The highest BCUT2D eigenvalue weighted by molar-refractivity contribution is 9.10. The van der Waals surface area contributed by atoms with Gasteiger partial charge < -0.3 is 15.1 Å². The predicted octanol–water partition coefficient (Wildman–Crippen LogP) is 3.19. The molecule has 0 aliphatic carbocycles. The predicted molar refractivity (Wildman–Crippen MR) is 111 cm³/mol. The molecule has 0 aliphatic heterocycles. The second kappa shape index (κ2) is 9.74. The van der Waals surface area contributed by atoms with E-state index in [4.69, 9.17) is 0 Å². The normalized spacial score (nSPS) is 11.9. The lowest BCUT2D eigenvalue weighted by Gasteiger charge is -2.20. The fourth-order valence-corrected chi connectivity index (χ4v) is 3.17. The van der Waals surface area contributed by atoms with Gasteiger partial charge in [-0.25, -0.2) is 0 Å². The summed E-state index contributed by atoms with van der Waals surface area (Å²) in [5.74, 6) is 0.150. The number of halogens is 1. The smallest absolute Gasteiger partial charge is 0.277 e. The van der Waals surface area contributed by atoms with Crippen molar-refractivity contribution < 1.29 is 10.1 Å². The number of rotatable bonds is 8. The molecule has 1 atom stereocenters. The third kappa shape index (κ3) is 5.85. The van der Waals surface area contributed by atoms with Gasteiger partial charge in [0.25, 0.3) is 5.91 Å². The van der Waals surface area contributed by atoms with Gasteiger partial charge in [-0.15, -0.1) is 0 Å². The third-order valence-electron chi connectivity index (χ3n) is 4.61. The monoisotopic (exact) mass is 418 g/mol. The van der Waals surface area contributed by atoms with Crippen molar-refractivity contribution in [1.29, 1.82) is 0 Å². The SMILES string of the molecule is CC[C@@H]([NH2+]CC(=O)N(C)Cc1ccc(N(C)C)cc1)c1ccc(Br)cc1. The summed E-state index contributed by atoms with van der Waals surface area (Å²) < 4.78 is 1.08. The number of quaternary nitrogens is 1. The molecular formula is C21H29BrN3O+. The summed E-state index contributed by atoms with van der Waals surface area (Å²) in [5, 5.41) is 2.14. The molecule has 0 aliphatic rings. The lowest BCUT2D eigenvalue weighted by atomic mass is 10.0. The zero-order chi connectivity index (χ0) is 19.1. The van der Waals surface area contributed by atoms with Crippen molar-refractivity contribution in [2.75, 3.05) is 32.6 Å². The van der Waals surface area contributed by atoms with Crippen molar-refractivity contribution in [2.45, 2.75) is 25.9 Å². The Morgan fingerprint density at radius 1 is 1.04 bits per heavy atom. The molecule has 2 aromatic rings. The topological polar surface area (TPSA) is 40.2 Å². The van der Waals surface area contributed by atoms with E-state index in [1.807, 2.05) is 21.1 Å². The Kier molecular flexibility index (Phi) is 7.66. The van der Waals surface area contributed by atoms with Crippen LogP contribution >= 0.6 is 15.9 Å². The Morgan fingerprint density at radius 3 is 2.19 bits per heavy atom. The second-order valence-electron chi connectivity index (χ2n) is 6.82. The van der Waals surface area contributed by atoms with Gasteiger partial charge in [0.2, 0.25) is 0 Å². The first-order valence-electron chi connectivity index (χ1n) is 8.99. The maximum atomic E-state index is 12.5. The Hall–Kier alpha value is -1.85.